The van der Waals surface area contributed by atoms with Crippen LogP contribution in [-0.4, -0.2) is 5.11 Å². The molecule has 0 aromatic heterocycles. The van der Waals surface area contributed by atoms with Crippen LogP contribution < -0.4 is 0 Å². The van der Waals surface area contributed by atoms with Gasteiger partial charge in [0.15, 0.2) is 11.6 Å². The van der Waals surface area contributed by atoms with E-state index in [4.69, 9.17) is 23.2 Å². The van der Waals surface area contributed by atoms with E-state index in [2.05, 4.69) is 0 Å². The van der Waals surface area contributed by atoms with E-state index < -0.39 is 23.6 Å². The summed E-state index contributed by atoms with van der Waals surface area (Å²) in [6.07, 6.45) is -1.32. The summed E-state index contributed by atoms with van der Waals surface area (Å²) in [7, 11) is 0. The molecule has 2 rings (SSSR count). The molecule has 1 nitrogen and oxygen atoms in total. The molecule has 0 aliphatic heterocycles. The Labute approximate surface area is 123 Å². The SMILES string of the molecule is OC(Cc1ccc(Cl)c(Cl)c1)c1cc(F)c(F)cc1F. The molecule has 2 aromatic rings. The Morgan fingerprint density at radius 3 is 2.20 bits per heavy atom. The minimum atomic E-state index is -1.32. The molecule has 0 radical (unpaired) electrons. The molecule has 0 amide bonds. The number of benzene rings is 2. The molecule has 106 valence electrons. The predicted octanol–water partition coefficient (Wildman–Crippen LogP) is 4.69. The molecule has 0 saturated carbocycles. The average Bonchev–Trinajstić information content (AvgIpc) is 2.38. The molecule has 0 aliphatic carbocycles. The largest absolute Gasteiger partial charge is 0.388 e. The normalized spacial score (nSPS) is 12.5. The van der Waals surface area contributed by atoms with Gasteiger partial charge in [0.1, 0.15) is 5.82 Å². The summed E-state index contributed by atoms with van der Waals surface area (Å²) in [6, 6.07) is 5.71. The number of aliphatic hydroxyl groups is 1. The van der Waals surface area contributed by atoms with Gasteiger partial charge in [-0.2, -0.15) is 0 Å². The number of hydrogen-bond donors (Lipinski definition) is 1. The fourth-order valence-corrected chi connectivity index (χ4v) is 2.11. The van der Waals surface area contributed by atoms with Crippen LogP contribution in [0, 0.1) is 17.5 Å². The Balaban J connectivity index is 2.25. The first-order valence-corrected chi connectivity index (χ1v) is 6.40. The smallest absolute Gasteiger partial charge is 0.161 e. The molecule has 1 atom stereocenters. The molecule has 6 heteroatoms. The fraction of sp³-hybridized carbons (Fsp3) is 0.143. The summed E-state index contributed by atoms with van der Waals surface area (Å²) in [5, 5.41) is 10.6. The van der Waals surface area contributed by atoms with Gasteiger partial charge in [0, 0.05) is 18.1 Å². The van der Waals surface area contributed by atoms with Crippen molar-refractivity contribution in [1.29, 1.82) is 0 Å². The highest BCUT2D eigenvalue weighted by atomic mass is 35.5. The summed E-state index contributed by atoms with van der Waals surface area (Å²) >= 11 is 11.6. The van der Waals surface area contributed by atoms with Gasteiger partial charge in [-0.1, -0.05) is 29.3 Å². The van der Waals surface area contributed by atoms with Crippen LogP contribution >= 0.6 is 23.2 Å². The molecule has 2 aromatic carbocycles. The highest BCUT2D eigenvalue weighted by molar-refractivity contribution is 6.42. The summed E-state index contributed by atoms with van der Waals surface area (Å²) in [5.41, 5.74) is 0.283. The first-order chi connectivity index (χ1) is 9.38. The quantitative estimate of drug-likeness (QED) is 0.814. The zero-order valence-corrected chi connectivity index (χ0v) is 11.5. The number of hydrogen-bond acceptors (Lipinski definition) is 1. The van der Waals surface area contributed by atoms with Crippen molar-refractivity contribution < 1.29 is 18.3 Å². The van der Waals surface area contributed by atoms with E-state index in [1.807, 2.05) is 0 Å². The second-order valence-corrected chi connectivity index (χ2v) is 5.07. The molecule has 20 heavy (non-hydrogen) atoms. The number of halogens is 5. The van der Waals surface area contributed by atoms with E-state index in [0.717, 1.165) is 0 Å². The Hall–Kier alpha value is -1.23. The van der Waals surface area contributed by atoms with Crippen LogP contribution in [-0.2, 0) is 6.42 Å². The Morgan fingerprint density at radius 2 is 1.55 bits per heavy atom. The zero-order valence-electron chi connectivity index (χ0n) is 10.0. The minimum Gasteiger partial charge on any atom is -0.388 e. The lowest BCUT2D eigenvalue weighted by atomic mass is 10.0. The zero-order chi connectivity index (χ0) is 14.9. The van der Waals surface area contributed by atoms with E-state index >= 15 is 0 Å². The van der Waals surface area contributed by atoms with E-state index in [1.165, 1.54) is 12.1 Å². The van der Waals surface area contributed by atoms with E-state index in [1.54, 1.807) is 6.07 Å². The topological polar surface area (TPSA) is 20.2 Å². The Kier molecular flexibility index (Phi) is 4.58. The second kappa shape index (κ2) is 6.04. The molecule has 1 N–H and O–H groups in total. The van der Waals surface area contributed by atoms with Gasteiger partial charge < -0.3 is 5.11 Å². The highest BCUT2D eigenvalue weighted by Gasteiger charge is 2.17. The summed E-state index contributed by atoms with van der Waals surface area (Å²) in [5.74, 6) is -3.51. The van der Waals surface area contributed by atoms with Crippen LogP contribution in [0.1, 0.15) is 17.2 Å². The maximum Gasteiger partial charge on any atom is 0.161 e. The van der Waals surface area contributed by atoms with Crippen LogP contribution in [0.4, 0.5) is 13.2 Å². The van der Waals surface area contributed by atoms with Crippen LogP contribution in [0.25, 0.3) is 0 Å². The first-order valence-electron chi connectivity index (χ1n) is 5.65. The Morgan fingerprint density at radius 1 is 0.900 bits per heavy atom. The molecule has 0 bridgehead atoms. The molecular formula is C14H9Cl2F3O. The lowest BCUT2D eigenvalue weighted by molar-refractivity contribution is 0.172. The van der Waals surface area contributed by atoms with Gasteiger partial charge in [-0.05, 0) is 23.8 Å². The maximum atomic E-state index is 13.5. The maximum absolute atomic E-state index is 13.5. The van der Waals surface area contributed by atoms with Gasteiger partial charge in [-0.15, -0.1) is 0 Å². The van der Waals surface area contributed by atoms with Gasteiger partial charge in [-0.3, -0.25) is 0 Å². The molecule has 0 saturated heterocycles. The summed E-state index contributed by atoms with van der Waals surface area (Å²) in [4.78, 5) is 0. The third-order valence-corrected chi connectivity index (χ3v) is 3.55. The molecular weight excluding hydrogens is 312 g/mol. The van der Waals surface area contributed by atoms with Crippen LogP contribution in [0.15, 0.2) is 30.3 Å². The van der Waals surface area contributed by atoms with Crippen LogP contribution in [0.2, 0.25) is 10.0 Å². The highest BCUT2D eigenvalue weighted by Crippen LogP contribution is 2.27. The molecule has 0 heterocycles. The lowest BCUT2D eigenvalue weighted by Crippen LogP contribution is -2.06. The van der Waals surface area contributed by atoms with Crippen molar-refractivity contribution in [3.8, 4) is 0 Å². The standard InChI is InChI=1S/C14H9Cl2F3O/c15-9-2-1-7(3-10(9)16)4-14(20)8-5-12(18)13(19)6-11(8)17/h1-3,5-6,14,20H,4H2. The van der Waals surface area contributed by atoms with Crippen molar-refractivity contribution in [2.45, 2.75) is 12.5 Å². The predicted molar refractivity (Wildman–Crippen MR) is 71.4 cm³/mol. The van der Waals surface area contributed by atoms with Gasteiger partial charge in [0.2, 0.25) is 0 Å². The second-order valence-electron chi connectivity index (χ2n) is 4.26. The molecule has 0 spiro atoms. The summed E-state index contributed by atoms with van der Waals surface area (Å²) < 4.78 is 39.4. The first kappa shape index (κ1) is 15.2. The third kappa shape index (κ3) is 3.26. The van der Waals surface area contributed by atoms with Crippen molar-refractivity contribution in [1.82, 2.24) is 0 Å². The monoisotopic (exact) mass is 320 g/mol. The molecule has 0 fully saturated rings. The van der Waals surface area contributed by atoms with Crippen LogP contribution in [0.5, 0.6) is 0 Å². The number of rotatable bonds is 3. The van der Waals surface area contributed by atoms with Crippen molar-refractivity contribution in [3.63, 3.8) is 0 Å². The van der Waals surface area contributed by atoms with Crippen molar-refractivity contribution in [2.75, 3.05) is 0 Å². The summed E-state index contributed by atoms with van der Waals surface area (Å²) in [6.45, 7) is 0. The molecule has 1 unspecified atom stereocenters. The van der Waals surface area contributed by atoms with Crippen LogP contribution in [0.3, 0.4) is 0 Å². The van der Waals surface area contributed by atoms with E-state index in [0.29, 0.717) is 27.7 Å². The minimum absolute atomic E-state index is 0.00111. The van der Waals surface area contributed by atoms with Gasteiger partial charge in [0.25, 0.3) is 0 Å². The van der Waals surface area contributed by atoms with Crippen molar-refractivity contribution in [3.05, 3.63) is 69.0 Å². The van der Waals surface area contributed by atoms with Gasteiger partial charge >= 0.3 is 0 Å². The number of aliphatic hydroxyl groups excluding tert-OH is 1. The van der Waals surface area contributed by atoms with E-state index in [-0.39, 0.29) is 12.0 Å². The van der Waals surface area contributed by atoms with Gasteiger partial charge in [0.05, 0.1) is 16.1 Å². The third-order valence-electron chi connectivity index (χ3n) is 2.81. The van der Waals surface area contributed by atoms with Crippen molar-refractivity contribution >= 4 is 23.2 Å². The Bertz CT molecular complexity index is 647. The van der Waals surface area contributed by atoms with E-state index in [9.17, 15) is 18.3 Å². The lowest BCUT2D eigenvalue weighted by Gasteiger charge is -2.13. The fourth-order valence-electron chi connectivity index (χ4n) is 1.79. The average molecular weight is 321 g/mol. The molecule has 0 aliphatic rings. The van der Waals surface area contributed by atoms with Gasteiger partial charge in [-0.25, -0.2) is 13.2 Å². The van der Waals surface area contributed by atoms with Crippen molar-refractivity contribution in [2.24, 2.45) is 0 Å².